The van der Waals surface area contributed by atoms with Crippen LogP contribution in [0.25, 0.3) is 0 Å². The maximum absolute atomic E-state index is 10.6. The standard InChI is InChI=1S/C6H7NO2S/c1-5(8)7-10-3-2-6(9)4-10/h2-3H,4H2,1H3/p+1. The van der Waals surface area contributed by atoms with E-state index >= 15 is 0 Å². The number of hydrogen-bond acceptors (Lipinski definition) is 2. The molecule has 1 rings (SSSR count). The highest BCUT2D eigenvalue weighted by Crippen LogP contribution is 2.03. The summed E-state index contributed by atoms with van der Waals surface area (Å²) >= 11 is -0.317. The first kappa shape index (κ1) is 7.34. The van der Waals surface area contributed by atoms with Crippen LogP contribution < -0.4 is 4.72 Å². The molecule has 0 aromatic heterocycles. The Bertz CT molecular complexity index is 200. The fraction of sp³-hybridized carbons (Fsp3) is 0.333. The molecule has 0 radical (unpaired) electrons. The summed E-state index contributed by atoms with van der Waals surface area (Å²) in [5.74, 6) is 0.458. The highest BCUT2D eigenvalue weighted by Gasteiger charge is 2.26. The van der Waals surface area contributed by atoms with Gasteiger partial charge in [0.2, 0.25) is 5.78 Å². The van der Waals surface area contributed by atoms with Gasteiger partial charge in [0.05, 0.1) is 0 Å². The molecule has 1 amide bonds. The molecule has 0 bridgehead atoms. The molecule has 1 atom stereocenters. The average Bonchev–Trinajstić information content (AvgIpc) is 2.13. The average molecular weight is 158 g/mol. The van der Waals surface area contributed by atoms with Gasteiger partial charge < -0.3 is 0 Å². The zero-order chi connectivity index (χ0) is 7.56. The Kier molecular flexibility index (Phi) is 2.11. The normalized spacial score (nSPS) is 23.3. The summed E-state index contributed by atoms with van der Waals surface area (Å²) in [6.07, 6.45) is 1.51. The minimum atomic E-state index is -0.317. The molecule has 0 spiro atoms. The van der Waals surface area contributed by atoms with E-state index < -0.39 is 0 Å². The third-order valence-corrected chi connectivity index (χ3v) is 2.60. The van der Waals surface area contributed by atoms with E-state index in [1.807, 2.05) is 0 Å². The van der Waals surface area contributed by atoms with Gasteiger partial charge in [0.15, 0.2) is 11.2 Å². The molecule has 1 aliphatic rings. The lowest BCUT2D eigenvalue weighted by atomic mass is 10.5. The van der Waals surface area contributed by atoms with Gasteiger partial charge in [-0.3, -0.25) is 9.59 Å². The molecule has 10 heavy (non-hydrogen) atoms. The molecule has 3 nitrogen and oxygen atoms in total. The van der Waals surface area contributed by atoms with Crippen LogP contribution in [0.1, 0.15) is 6.92 Å². The molecule has 4 heteroatoms. The number of allylic oxidation sites excluding steroid dienone is 1. The highest BCUT2D eigenvalue weighted by molar-refractivity contribution is 7.99. The SMILES string of the molecule is CC(=O)N[S+]1C=CC(=O)C1. The minimum absolute atomic E-state index is 0.0808. The second-order valence-electron chi connectivity index (χ2n) is 2.00. The summed E-state index contributed by atoms with van der Waals surface area (Å²) in [7, 11) is 0. The summed E-state index contributed by atoms with van der Waals surface area (Å²) in [4.78, 5) is 21.1. The Morgan fingerprint density at radius 3 is 2.90 bits per heavy atom. The van der Waals surface area contributed by atoms with E-state index in [1.165, 1.54) is 13.0 Å². The third kappa shape index (κ3) is 1.88. The predicted molar refractivity (Wildman–Crippen MR) is 40.2 cm³/mol. The maximum atomic E-state index is 10.6. The number of carbonyl (C=O) groups is 2. The molecule has 0 saturated heterocycles. The molecule has 54 valence electrons. The molecule has 1 aliphatic heterocycles. The number of hydrogen-bond donors (Lipinski definition) is 1. The van der Waals surface area contributed by atoms with Crippen molar-refractivity contribution in [3.63, 3.8) is 0 Å². The monoisotopic (exact) mass is 158 g/mol. The van der Waals surface area contributed by atoms with Gasteiger partial charge >= 0.3 is 0 Å². The van der Waals surface area contributed by atoms with E-state index in [1.54, 1.807) is 5.41 Å². The van der Waals surface area contributed by atoms with Crippen LogP contribution in [0.4, 0.5) is 0 Å². The fourth-order valence-corrected chi connectivity index (χ4v) is 1.99. The maximum Gasteiger partial charge on any atom is 0.258 e. The number of nitrogens with one attached hydrogen (secondary N) is 1. The second kappa shape index (κ2) is 2.88. The molecule has 0 aromatic carbocycles. The second-order valence-corrected chi connectivity index (χ2v) is 3.62. The van der Waals surface area contributed by atoms with E-state index in [-0.39, 0.29) is 22.8 Å². The molecule has 0 aromatic rings. The van der Waals surface area contributed by atoms with Crippen LogP contribution in [0.5, 0.6) is 0 Å². The topological polar surface area (TPSA) is 46.2 Å². The Morgan fingerprint density at radius 2 is 2.50 bits per heavy atom. The zero-order valence-corrected chi connectivity index (χ0v) is 6.40. The van der Waals surface area contributed by atoms with E-state index in [2.05, 4.69) is 4.72 Å². The number of ketones is 1. The Morgan fingerprint density at radius 1 is 1.80 bits per heavy atom. The summed E-state index contributed by atoms with van der Waals surface area (Å²) in [6.45, 7) is 1.45. The molecular weight excluding hydrogens is 150 g/mol. The van der Waals surface area contributed by atoms with Crippen molar-refractivity contribution in [1.82, 2.24) is 4.72 Å². The Hall–Kier alpha value is -0.770. The minimum Gasteiger partial charge on any atom is -0.289 e. The quantitative estimate of drug-likeness (QED) is 0.535. The van der Waals surface area contributed by atoms with Crippen LogP contribution in [0.15, 0.2) is 11.5 Å². The van der Waals surface area contributed by atoms with Crippen molar-refractivity contribution in [3.05, 3.63) is 11.5 Å². The highest BCUT2D eigenvalue weighted by atomic mass is 32.2. The molecule has 0 aliphatic carbocycles. The smallest absolute Gasteiger partial charge is 0.258 e. The van der Waals surface area contributed by atoms with Crippen LogP contribution in [0.3, 0.4) is 0 Å². The van der Waals surface area contributed by atoms with Crippen molar-refractivity contribution in [2.24, 2.45) is 0 Å². The van der Waals surface area contributed by atoms with Crippen molar-refractivity contribution in [1.29, 1.82) is 0 Å². The van der Waals surface area contributed by atoms with Gasteiger partial charge in [-0.15, -0.1) is 0 Å². The van der Waals surface area contributed by atoms with Crippen LogP contribution in [0, 0.1) is 0 Å². The van der Waals surface area contributed by atoms with E-state index in [0.29, 0.717) is 5.75 Å². The number of rotatable bonds is 1. The van der Waals surface area contributed by atoms with Crippen molar-refractivity contribution in [2.75, 3.05) is 5.75 Å². The van der Waals surface area contributed by atoms with Crippen molar-refractivity contribution >= 4 is 22.8 Å². The molecule has 1 unspecified atom stereocenters. The number of carbonyl (C=O) groups excluding carboxylic acids is 2. The zero-order valence-electron chi connectivity index (χ0n) is 5.59. The number of amides is 1. The lowest BCUT2D eigenvalue weighted by Gasteiger charge is -1.93. The van der Waals surface area contributed by atoms with Crippen molar-refractivity contribution < 1.29 is 9.59 Å². The molecule has 0 saturated carbocycles. The van der Waals surface area contributed by atoms with Gasteiger partial charge in [0.1, 0.15) is 11.1 Å². The summed E-state index contributed by atoms with van der Waals surface area (Å²) in [5, 5.41) is 1.74. The van der Waals surface area contributed by atoms with Gasteiger partial charge in [-0.25, -0.2) is 0 Å². The molecule has 1 N–H and O–H groups in total. The lowest BCUT2D eigenvalue weighted by molar-refractivity contribution is -0.117. The molecule has 1 heterocycles. The van der Waals surface area contributed by atoms with Crippen LogP contribution in [-0.2, 0) is 20.7 Å². The first-order valence-electron chi connectivity index (χ1n) is 2.86. The molecule has 0 fully saturated rings. The van der Waals surface area contributed by atoms with E-state index in [0.717, 1.165) is 0 Å². The van der Waals surface area contributed by atoms with Crippen LogP contribution in [0.2, 0.25) is 0 Å². The van der Waals surface area contributed by atoms with Gasteiger partial charge in [-0.05, 0) is 0 Å². The van der Waals surface area contributed by atoms with E-state index in [9.17, 15) is 9.59 Å². The Labute approximate surface area is 62.0 Å². The van der Waals surface area contributed by atoms with Gasteiger partial charge in [0.25, 0.3) is 5.91 Å². The summed E-state index contributed by atoms with van der Waals surface area (Å²) in [6, 6.07) is 0. The summed E-state index contributed by atoms with van der Waals surface area (Å²) < 4.78 is 2.65. The van der Waals surface area contributed by atoms with Gasteiger partial charge in [0, 0.05) is 13.0 Å². The Balaban J connectivity index is 2.40. The largest absolute Gasteiger partial charge is 0.289 e. The third-order valence-electron chi connectivity index (χ3n) is 0.991. The van der Waals surface area contributed by atoms with Crippen molar-refractivity contribution in [3.8, 4) is 0 Å². The lowest BCUT2D eigenvalue weighted by Crippen LogP contribution is -2.28. The predicted octanol–water partition coefficient (Wildman–Crippen LogP) is -0.248. The molecular formula is C6H8NO2S+. The van der Waals surface area contributed by atoms with Gasteiger partial charge in [-0.2, -0.15) is 4.72 Å². The van der Waals surface area contributed by atoms with E-state index in [4.69, 9.17) is 0 Å². The fourth-order valence-electron chi connectivity index (χ4n) is 0.662. The van der Waals surface area contributed by atoms with Crippen LogP contribution >= 0.6 is 0 Å². The summed E-state index contributed by atoms with van der Waals surface area (Å²) in [5.41, 5.74) is 0. The van der Waals surface area contributed by atoms with Crippen LogP contribution in [-0.4, -0.2) is 17.4 Å². The first-order valence-corrected chi connectivity index (χ1v) is 4.32. The first-order chi connectivity index (χ1) is 4.68. The van der Waals surface area contributed by atoms with Gasteiger partial charge in [-0.1, -0.05) is 0 Å². The van der Waals surface area contributed by atoms with Crippen molar-refractivity contribution in [2.45, 2.75) is 6.92 Å².